The van der Waals surface area contributed by atoms with E-state index in [2.05, 4.69) is 103 Å². The fraction of sp³-hybridized carbons (Fsp3) is 0. The quantitative estimate of drug-likeness (QED) is 0.191. The van der Waals surface area contributed by atoms with Crippen LogP contribution < -0.4 is 0 Å². The molecule has 5 nitrogen and oxygen atoms in total. The van der Waals surface area contributed by atoms with Crippen LogP contribution in [0.3, 0.4) is 0 Å². The number of para-hydroxylation sites is 3. The average Bonchev–Trinajstić information content (AvgIpc) is 3.85. The van der Waals surface area contributed by atoms with E-state index in [1.807, 2.05) is 36.4 Å². The molecule has 0 saturated heterocycles. The van der Waals surface area contributed by atoms with Gasteiger partial charge in [-0.3, -0.25) is 0 Å². The summed E-state index contributed by atoms with van der Waals surface area (Å²) in [5.74, 6) is 1.77. The van der Waals surface area contributed by atoms with Gasteiger partial charge in [-0.25, -0.2) is 15.0 Å². The molecular weight excluding hydrogens is 623 g/mol. The molecular formula is C43H23N3O2S. The fourth-order valence-electron chi connectivity index (χ4n) is 7.31. The summed E-state index contributed by atoms with van der Waals surface area (Å²) >= 11 is 1.74. The standard InChI is InChI=1S/C43H23N3O2S/c1-2-13-25-24(11-1)12-9-18-29(25)41-44-42(31-19-10-17-28-26-14-3-6-20-34(26)47-38(28)31)46-43(45-41)33-23-32-27-15-4-7-21-35(27)48-39(32)37-30-16-5-8-22-36(30)49-40(33)37/h1-23H. The number of hydrogen-bond acceptors (Lipinski definition) is 6. The molecule has 0 fully saturated rings. The number of benzene rings is 7. The maximum absolute atomic E-state index is 6.58. The molecule has 0 aliphatic rings. The van der Waals surface area contributed by atoms with E-state index >= 15 is 0 Å². The monoisotopic (exact) mass is 645 g/mol. The molecule has 0 bridgehead atoms. The van der Waals surface area contributed by atoms with Gasteiger partial charge in [-0.2, -0.15) is 0 Å². The van der Waals surface area contributed by atoms with Crippen molar-refractivity contribution in [3.05, 3.63) is 140 Å². The summed E-state index contributed by atoms with van der Waals surface area (Å²) in [7, 11) is 0. The van der Waals surface area contributed by atoms with E-state index < -0.39 is 0 Å². The number of aromatic nitrogens is 3. The van der Waals surface area contributed by atoms with Crippen molar-refractivity contribution in [1.29, 1.82) is 0 Å². The van der Waals surface area contributed by atoms with Crippen LogP contribution in [0.1, 0.15) is 0 Å². The molecule has 0 N–H and O–H groups in total. The van der Waals surface area contributed by atoms with Crippen LogP contribution in [0, 0.1) is 0 Å². The van der Waals surface area contributed by atoms with E-state index in [1.54, 1.807) is 11.3 Å². The van der Waals surface area contributed by atoms with Gasteiger partial charge in [0.15, 0.2) is 17.5 Å². The molecule has 0 spiro atoms. The minimum absolute atomic E-state index is 0.559. The molecule has 49 heavy (non-hydrogen) atoms. The van der Waals surface area contributed by atoms with E-state index in [0.29, 0.717) is 17.5 Å². The second-order valence-corrected chi connectivity index (χ2v) is 13.4. The third-order valence-corrected chi connectivity index (χ3v) is 10.7. The first kappa shape index (κ1) is 26.7. The van der Waals surface area contributed by atoms with Crippen LogP contribution >= 0.6 is 11.3 Å². The number of hydrogen-bond donors (Lipinski definition) is 0. The number of furan rings is 2. The van der Waals surface area contributed by atoms with Gasteiger partial charge < -0.3 is 8.83 Å². The summed E-state index contributed by atoms with van der Waals surface area (Å²) in [5, 5.41) is 8.63. The fourth-order valence-corrected chi connectivity index (χ4v) is 8.52. The van der Waals surface area contributed by atoms with Gasteiger partial charge >= 0.3 is 0 Å². The molecule has 4 aromatic heterocycles. The van der Waals surface area contributed by atoms with Gasteiger partial charge in [0.25, 0.3) is 0 Å². The molecule has 4 heterocycles. The maximum Gasteiger partial charge on any atom is 0.167 e. The first-order valence-electron chi connectivity index (χ1n) is 16.2. The maximum atomic E-state index is 6.58. The summed E-state index contributed by atoms with van der Waals surface area (Å²) in [4.78, 5) is 15.8. The SMILES string of the molecule is c1ccc2c(-c3nc(-c4cccc5c4oc4ccccc45)nc(-c4cc5c6ccccc6oc5c5c4sc4ccccc45)n3)cccc2c1. The lowest BCUT2D eigenvalue weighted by molar-refractivity contribution is 0.669. The largest absolute Gasteiger partial charge is 0.455 e. The van der Waals surface area contributed by atoms with Gasteiger partial charge in [0.2, 0.25) is 0 Å². The van der Waals surface area contributed by atoms with Crippen LogP contribution in [0.15, 0.2) is 148 Å². The summed E-state index contributed by atoms with van der Waals surface area (Å²) in [6.45, 7) is 0. The topological polar surface area (TPSA) is 65.0 Å². The van der Waals surface area contributed by atoms with Crippen molar-refractivity contribution in [2.75, 3.05) is 0 Å². The Kier molecular flexibility index (Phi) is 5.48. The Morgan fingerprint density at radius 2 is 0.959 bits per heavy atom. The van der Waals surface area contributed by atoms with E-state index in [1.165, 1.54) is 4.70 Å². The second kappa shape index (κ2) is 10.1. The van der Waals surface area contributed by atoms with Crippen molar-refractivity contribution in [1.82, 2.24) is 15.0 Å². The lowest BCUT2D eigenvalue weighted by Crippen LogP contribution is -2.01. The van der Waals surface area contributed by atoms with Crippen molar-refractivity contribution in [3.63, 3.8) is 0 Å². The van der Waals surface area contributed by atoms with Gasteiger partial charge in [0.1, 0.15) is 22.3 Å². The van der Waals surface area contributed by atoms with Crippen LogP contribution in [0.4, 0.5) is 0 Å². The number of thiophene rings is 1. The summed E-state index contributed by atoms with van der Waals surface area (Å²) in [6, 6.07) is 47.9. The highest BCUT2D eigenvalue weighted by atomic mass is 32.1. The zero-order valence-electron chi connectivity index (χ0n) is 25.8. The first-order chi connectivity index (χ1) is 24.3. The lowest BCUT2D eigenvalue weighted by atomic mass is 10.0. The highest BCUT2D eigenvalue weighted by Gasteiger charge is 2.23. The van der Waals surface area contributed by atoms with Crippen LogP contribution in [0.2, 0.25) is 0 Å². The van der Waals surface area contributed by atoms with Gasteiger partial charge in [-0.1, -0.05) is 109 Å². The summed E-state index contributed by atoms with van der Waals surface area (Å²) in [6.07, 6.45) is 0. The average molecular weight is 646 g/mol. The minimum atomic E-state index is 0.559. The molecule has 6 heteroatoms. The van der Waals surface area contributed by atoms with Crippen LogP contribution in [0.25, 0.3) is 109 Å². The molecule has 0 saturated carbocycles. The molecule has 0 atom stereocenters. The van der Waals surface area contributed by atoms with Crippen LogP contribution in [-0.2, 0) is 0 Å². The molecule has 0 aliphatic heterocycles. The molecule has 0 unspecified atom stereocenters. The van der Waals surface area contributed by atoms with Gasteiger partial charge in [-0.05, 0) is 41.1 Å². The molecule has 11 rings (SSSR count). The number of rotatable bonds is 3. The normalized spacial score (nSPS) is 12.1. The van der Waals surface area contributed by atoms with E-state index in [0.717, 1.165) is 86.8 Å². The predicted molar refractivity (Wildman–Crippen MR) is 201 cm³/mol. The highest BCUT2D eigenvalue weighted by Crippen LogP contribution is 2.46. The predicted octanol–water partition coefficient (Wildman–Crippen LogP) is 12.2. The molecule has 11 aromatic rings. The molecule has 7 aromatic carbocycles. The summed E-state index contributed by atoms with van der Waals surface area (Å²) in [5.41, 5.74) is 6.04. The van der Waals surface area contributed by atoms with E-state index in [4.69, 9.17) is 23.8 Å². The molecule has 0 amide bonds. The van der Waals surface area contributed by atoms with Crippen molar-refractivity contribution < 1.29 is 8.83 Å². The first-order valence-corrected chi connectivity index (χ1v) is 17.0. The summed E-state index contributed by atoms with van der Waals surface area (Å²) < 4.78 is 15.3. The van der Waals surface area contributed by atoms with Crippen molar-refractivity contribution in [2.24, 2.45) is 0 Å². The Hall–Kier alpha value is -6.37. The van der Waals surface area contributed by atoms with Gasteiger partial charge in [0, 0.05) is 48.1 Å². The Morgan fingerprint density at radius 3 is 1.78 bits per heavy atom. The zero-order valence-corrected chi connectivity index (χ0v) is 26.7. The Balaban J connectivity index is 1.28. The number of nitrogens with zero attached hydrogens (tertiary/aromatic N) is 3. The van der Waals surface area contributed by atoms with Crippen LogP contribution in [0.5, 0.6) is 0 Å². The zero-order chi connectivity index (χ0) is 32.1. The highest BCUT2D eigenvalue weighted by molar-refractivity contribution is 7.26. The molecule has 228 valence electrons. The molecule has 0 radical (unpaired) electrons. The Morgan fingerprint density at radius 1 is 0.408 bits per heavy atom. The van der Waals surface area contributed by atoms with Crippen molar-refractivity contribution in [3.8, 4) is 34.2 Å². The van der Waals surface area contributed by atoms with Gasteiger partial charge in [-0.15, -0.1) is 11.3 Å². The third-order valence-electron chi connectivity index (χ3n) is 9.54. The minimum Gasteiger partial charge on any atom is -0.455 e. The number of fused-ring (bicyclic) bond motifs is 11. The smallest absolute Gasteiger partial charge is 0.167 e. The lowest BCUT2D eigenvalue weighted by Gasteiger charge is -2.11. The Labute approximate surface area is 282 Å². The third kappa shape index (κ3) is 3.89. The van der Waals surface area contributed by atoms with Crippen molar-refractivity contribution in [2.45, 2.75) is 0 Å². The van der Waals surface area contributed by atoms with Crippen molar-refractivity contribution >= 4 is 86.2 Å². The van der Waals surface area contributed by atoms with E-state index in [9.17, 15) is 0 Å². The van der Waals surface area contributed by atoms with Crippen LogP contribution in [-0.4, -0.2) is 15.0 Å². The van der Waals surface area contributed by atoms with Gasteiger partial charge in [0.05, 0.1) is 10.3 Å². The molecule has 0 aliphatic carbocycles. The second-order valence-electron chi connectivity index (χ2n) is 12.3. The van der Waals surface area contributed by atoms with E-state index in [-0.39, 0.29) is 0 Å². The Bertz CT molecular complexity index is 3130.